The SMILES string of the molecule is CC(C)(C)OC(=O)NC[C@H]1CCCCN1S(=O)(=O)c1ccc(CBr)cc1. The summed E-state index contributed by atoms with van der Waals surface area (Å²) >= 11 is 3.36. The predicted octanol–water partition coefficient (Wildman–Crippen LogP) is 3.65. The molecule has 8 heteroatoms. The van der Waals surface area contributed by atoms with Gasteiger partial charge in [0.2, 0.25) is 10.0 Å². The van der Waals surface area contributed by atoms with Crippen LogP contribution in [-0.4, -0.2) is 43.5 Å². The van der Waals surface area contributed by atoms with Crippen LogP contribution in [0.2, 0.25) is 0 Å². The number of alkyl carbamates (subject to hydrolysis) is 1. The van der Waals surface area contributed by atoms with Crippen LogP contribution in [0.4, 0.5) is 4.79 Å². The van der Waals surface area contributed by atoms with Crippen LogP contribution >= 0.6 is 15.9 Å². The van der Waals surface area contributed by atoms with Crippen LogP contribution in [0.3, 0.4) is 0 Å². The van der Waals surface area contributed by atoms with Crippen LogP contribution in [0.15, 0.2) is 29.2 Å². The van der Waals surface area contributed by atoms with Crippen molar-refractivity contribution in [3.63, 3.8) is 0 Å². The molecule has 6 nitrogen and oxygen atoms in total. The number of nitrogens with zero attached hydrogens (tertiary/aromatic N) is 1. The fourth-order valence-corrected chi connectivity index (χ4v) is 4.96. The molecule has 0 aliphatic carbocycles. The predicted molar refractivity (Wildman–Crippen MR) is 105 cm³/mol. The van der Waals surface area contributed by atoms with Crippen molar-refractivity contribution in [2.45, 2.75) is 61.9 Å². The first kappa shape index (κ1) is 21.2. The highest BCUT2D eigenvalue weighted by Crippen LogP contribution is 2.25. The summed E-state index contributed by atoms with van der Waals surface area (Å²) in [5.74, 6) is 0. The number of hydrogen-bond acceptors (Lipinski definition) is 4. The number of amides is 1. The molecule has 1 aromatic rings. The normalized spacial score (nSPS) is 19.2. The molecule has 0 aromatic heterocycles. The Morgan fingerprint density at radius 3 is 2.50 bits per heavy atom. The topological polar surface area (TPSA) is 75.7 Å². The number of hydrogen-bond donors (Lipinski definition) is 1. The minimum atomic E-state index is -3.59. The highest BCUT2D eigenvalue weighted by molar-refractivity contribution is 9.08. The first-order valence-electron chi connectivity index (χ1n) is 8.77. The molecule has 1 aliphatic heterocycles. The molecule has 1 N–H and O–H groups in total. The van der Waals surface area contributed by atoms with Crippen molar-refractivity contribution in [1.82, 2.24) is 9.62 Å². The van der Waals surface area contributed by atoms with Crippen molar-refractivity contribution in [1.29, 1.82) is 0 Å². The lowest BCUT2D eigenvalue weighted by Crippen LogP contribution is -2.49. The van der Waals surface area contributed by atoms with Crippen molar-refractivity contribution < 1.29 is 17.9 Å². The maximum Gasteiger partial charge on any atom is 0.407 e. The van der Waals surface area contributed by atoms with Gasteiger partial charge in [0, 0.05) is 24.5 Å². The molecule has 2 rings (SSSR count). The van der Waals surface area contributed by atoms with Crippen LogP contribution in [0.25, 0.3) is 0 Å². The third-order valence-corrected chi connectivity index (χ3v) is 6.75. The van der Waals surface area contributed by atoms with Gasteiger partial charge < -0.3 is 10.1 Å². The zero-order chi connectivity index (χ0) is 19.4. The van der Waals surface area contributed by atoms with Crippen molar-refractivity contribution in [3.05, 3.63) is 29.8 Å². The van der Waals surface area contributed by atoms with E-state index in [9.17, 15) is 13.2 Å². The second kappa shape index (κ2) is 8.71. The summed E-state index contributed by atoms with van der Waals surface area (Å²) in [6.07, 6.45) is 1.95. The third-order valence-electron chi connectivity index (χ3n) is 4.14. The number of halogens is 1. The zero-order valence-corrected chi connectivity index (χ0v) is 17.9. The summed E-state index contributed by atoms with van der Waals surface area (Å²) in [6.45, 7) is 6.08. The first-order valence-corrected chi connectivity index (χ1v) is 11.3. The highest BCUT2D eigenvalue weighted by Gasteiger charge is 2.33. The number of benzene rings is 1. The molecule has 1 aliphatic rings. The second-order valence-corrected chi connectivity index (χ2v) is 9.88. The van der Waals surface area contributed by atoms with Crippen LogP contribution in [-0.2, 0) is 20.1 Å². The van der Waals surface area contributed by atoms with E-state index in [1.807, 2.05) is 0 Å². The summed E-state index contributed by atoms with van der Waals surface area (Å²) in [7, 11) is -3.59. The van der Waals surface area contributed by atoms with Crippen LogP contribution in [0.5, 0.6) is 0 Å². The number of rotatable bonds is 5. The van der Waals surface area contributed by atoms with Gasteiger partial charge in [0.25, 0.3) is 0 Å². The Hall–Kier alpha value is -1.12. The molecule has 1 saturated heterocycles. The molecule has 146 valence electrons. The van der Waals surface area contributed by atoms with Gasteiger partial charge in [0.1, 0.15) is 5.60 Å². The Balaban J connectivity index is 2.10. The van der Waals surface area contributed by atoms with E-state index in [0.717, 1.165) is 18.4 Å². The summed E-state index contributed by atoms with van der Waals surface area (Å²) in [6, 6.07) is 6.62. The number of carbonyl (C=O) groups is 1. The number of nitrogens with one attached hydrogen (secondary N) is 1. The van der Waals surface area contributed by atoms with Gasteiger partial charge in [0.15, 0.2) is 0 Å². The van der Waals surface area contributed by atoms with Gasteiger partial charge in [-0.15, -0.1) is 0 Å². The summed E-state index contributed by atoms with van der Waals surface area (Å²) in [4.78, 5) is 12.2. The molecular formula is C18H27BrN2O4S. The Bertz CT molecular complexity index is 714. The molecule has 1 amide bonds. The molecule has 0 radical (unpaired) electrons. The average molecular weight is 447 g/mol. The smallest absolute Gasteiger partial charge is 0.407 e. The molecule has 1 aromatic carbocycles. The van der Waals surface area contributed by atoms with E-state index in [-0.39, 0.29) is 17.5 Å². The highest BCUT2D eigenvalue weighted by atomic mass is 79.9. The van der Waals surface area contributed by atoms with Gasteiger partial charge in [-0.2, -0.15) is 4.31 Å². The van der Waals surface area contributed by atoms with Crippen molar-refractivity contribution in [2.75, 3.05) is 13.1 Å². The molecule has 26 heavy (non-hydrogen) atoms. The fraction of sp³-hybridized carbons (Fsp3) is 0.611. The molecule has 0 unspecified atom stereocenters. The number of alkyl halides is 1. The number of piperidine rings is 1. The lowest BCUT2D eigenvalue weighted by Gasteiger charge is -2.35. The quantitative estimate of drug-likeness (QED) is 0.700. The van der Waals surface area contributed by atoms with E-state index in [1.54, 1.807) is 45.0 Å². The van der Waals surface area contributed by atoms with Gasteiger partial charge in [0.05, 0.1) is 4.90 Å². The maximum absolute atomic E-state index is 13.0. The summed E-state index contributed by atoms with van der Waals surface area (Å²) < 4.78 is 32.8. The van der Waals surface area contributed by atoms with Crippen molar-refractivity contribution in [2.24, 2.45) is 0 Å². The minimum Gasteiger partial charge on any atom is -0.444 e. The summed E-state index contributed by atoms with van der Waals surface area (Å²) in [5.41, 5.74) is 0.435. The van der Waals surface area contributed by atoms with Gasteiger partial charge in [-0.25, -0.2) is 13.2 Å². The molecule has 1 fully saturated rings. The maximum atomic E-state index is 13.0. The monoisotopic (exact) mass is 446 g/mol. The number of ether oxygens (including phenoxy) is 1. The number of sulfonamides is 1. The van der Waals surface area contributed by atoms with E-state index in [4.69, 9.17) is 4.74 Å². The van der Waals surface area contributed by atoms with Crippen LogP contribution in [0.1, 0.15) is 45.6 Å². The standard InChI is InChI=1S/C18H27BrN2O4S/c1-18(2,3)25-17(22)20-13-15-6-4-5-11-21(15)26(23,24)16-9-7-14(12-19)8-10-16/h7-10,15H,4-6,11-13H2,1-3H3,(H,20,22)/t15-/m1/s1. The Labute approximate surface area is 164 Å². The Morgan fingerprint density at radius 2 is 1.92 bits per heavy atom. The number of carbonyl (C=O) groups excluding carboxylic acids is 1. The zero-order valence-electron chi connectivity index (χ0n) is 15.5. The van der Waals surface area contributed by atoms with Gasteiger partial charge in [-0.3, -0.25) is 0 Å². The van der Waals surface area contributed by atoms with E-state index in [2.05, 4.69) is 21.2 Å². The summed E-state index contributed by atoms with van der Waals surface area (Å²) in [5, 5.41) is 3.39. The van der Waals surface area contributed by atoms with Gasteiger partial charge in [-0.1, -0.05) is 34.5 Å². The molecule has 1 atom stereocenters. The third kappa shape index (κ3) is 5.69. The van der Waals surface area contributed by atoms with Crippen molar-refractivity contribution >= 4 is 32.0 Å². The van der Waals surface area contributed by atoms with E-state index < -0.39 is 21.7 Å². The van der Waals surface area contributed by atoms with Crippen LogP contribution < -0.4 is 5.32 Å². The molecular weight excluding hydrogens is 420 g/mol. The first-order chi connectivity index (χ1) is 12.1. The van der Waals surface area contributed by atoms with E-state index in [0.29, 0.717) is 18.3 Å². The Morgan fingerprint density at radius 1 is 1.27 bits per heavy atom. The van der Waals surface area contributed by atoms with Crippen molar-refractivity contribution in [3.8, 4) is 0 Å². The average Bonchev–Trinajstić information content (AvgIpc) is 2.59. The lowest BCUT2D eigenvalue weighted by molar-refractivity contribution is 0.0512. The lowest BCUT2D eigenvalue weighted by atomic mass is 10.1. The van der Waals surface area contributed by atoms with E-state index >= 15 is 0 Å². The van der Waals surface area contributed by atoms with Gasteiger partial charge in [-0.05, 0) is 51.3 Å². The molecule has 0 saturated carbocycles. The van der Waals surface area contributed by atoms with Crippen LogP contribution in [0, 0.1) is 0 Å². The molecule has 1 heterocycles. The largest absolute Gasteiger partial charge is 0.444 e. The Kier molecular flexibility index (Phi) is 7.10. The molecule has 0 spiro atoms. The minimum absolute atomic E-state index is 0.244. The second-order valence-electron chi connectivity index (χ2n) is 7.43. The van der Waals surface area contributed by atoms with Gasteiger partial charge >= 0.3 is 6.09 Å². The fourth-order valence-electron chi connectivity index (χ4n) is 2.90. The van der Waals surface area contributed by atoms with E-state index in [1.165, 1.54) is 4.31 Å². The molecule has 0 bridgehead atoms.